The van der Waals surface area contributed by atoms with Crippen molar-refractivity contribution >= 4 is 45.8 Å². The Labute approximate surface area is 149 Å². The molecule has 114 valence electrons. The van der Waals surface area contributed by atoms with Crippen molar-refractivity contribution in [3.8, 4) is 0 Å². The van der Waals surface area contributed by atoms with E-state index in [0.29, 0.717) is 0 Å². The lowest BCUT2D eigenvalue weighted by atomic mass is 10.0. The molecule has 0 saturated heterocycles. The third-order valence-electron chi connectivity index (χ3n) is 3.58. The van der Waals surface area contributed by atoms with Crippen LogP contribution in [0.1, 0.15) is 29.9 Å². The standard InChI is InChI=1S/C15H18Cl2IN3/c1-4-12-15(17)14(21(3)20-12)8-13(19-2)10-7-9(16)5-6-11(10)18/h5-7,13,19H,4,8H2,1-3H3. The quantitative estimate of drug-likeness (QED) is 0.702. The predicted molar refractivity (Wildman–Crippen MR) is 97.3 cm³/mol. The lowest BCUT2D eigenvalue weighted by Gasteiger charge is -2.19. The Balaban J connectivity index is 2.36. The first-order valence-corrected chi connectivity index (χ1v) is 8.63. The van der Waals surface area contributed by atoms with Crippen LogP contribution in [0.15, 0.2) is 18.2 Å². The number of halogens is 3. The van der Waals surface area contributed by atoms with Crippen LogP contribution in [0.5, 0.6) is 0 Å². The largest absolute Gasteiger partial charge is 0.313 e. The van der Waals surface area contributed by atoms with Crippen LogP contribution in [0.2, 0.25) is 10.0 Å². The Hall–Kier alpha value is -0.300. The smallest absolute Gasteiger partial charge is 0.0850 e. The average Bonchev–Trinajstić information content (AvgIpc) is 2.74. The number of benzene rings is 1. The van der Waals surface area contributed by atoms with Gasteiger partial charge in [-0.2, -0.15) is 5.10 Å². The van der Waals surface area contributed by atoms with Crippen molar-refractivity contribution in [3.05, 3.63) is 48.8 Å². The van der Waals surface area contributed by atoms with Crippen molar-refractivity contribution in [2.24, 2.45) is 7.05 Å². The number of nitrogens with zero attached hydrogens (tertiary/aromatic N) is 2. The van der Waals surface area contributed by atoms with Gasteiger partial charge in [0.1, 0.15) is 0 Å². The van der Waals surface area contributed by atoms with Crippen molar-refractivity contribution in [1.82, 2.24) is 15.1 Å². The number of aromatic nitrogens is 2. The number of hydrogen-bond acceptors (Lipinski definition) is 2. The summed E-state index contributed by atoms with van der Waals surface area (Å²) >= 11 is 14.9. The number of likely N-dealkylation sites (N-methyl/N-ethyl adjacent to an activating group) is 1. The van der Waals surface area contributed by atoms with Crippen molar-refractivity contribution in [1.29, 1.82) is 0 Å². The van der Waals surface area contributed by atoms with E-state index in [0.717, 1.165) is 34.3 Å². The molecule has 2 rings (SSSR count). The van der Waals surface area contributed by atoms with Crippen LogP contribution in [-0.2, 0) is 19.9 Å². The summed E-state index contributed by atoms with van der Waals surface area (Å²) in [7, 11) is 3.89. The fourth-order valence-electron chi connectivity index (χ4n) is 2.38. The van der Waals surface area contributed by atoms with Gasteiger partial charge in [-0.05, 0) is 59.8 Å². The third-order valence-corrected chi connectivity index (χ3v) is 5.24. The van der Waals surface area contributed by atoms with Gasteiger partial charge in [0, 0.05) is 28.1 Å². The molecule has 0 bridgehead atoms. The topological polar surface area (TPSA) is 29.9 Å². The van der Waals surface area contributed by atoms with E-state index in [4.69, 9.17) is 23.2 Å². The summed E-state index contributed by atoms with van der Waals surface area (Å²) in [5.41, 5.74) is 3.18. The molecule has 0 aliphatic rings. The van der Waals surface area contributed by atoms with Crippen molar-refractivity contribution in [2.75, 3.05) is 7.05 Å². The molecular formula is C15H18Cl2IN3. The first kappa shape index (κ1) is 17.1. The van der Waals surface area contributed by atoms with Crippen LogP contribution in [-0.4, -0.2) is 16.8 Å². The zero-order valence-corrected chi connectivity index (χ0v) is 15.9. The molecule has 1 atom stereocenters. The van der Waals surface area contributed by atoms with Gasteiger partial charge < -0.3 is 5.32 Å². The van der Waals surface area contributed by atoms with Crippen molar-refractivity contribution in [2.45, 2.75) is 25.8 Å². The summed E-state index contributed by atoms with van der Waals surface area (Å²) in [5.74, 6) is 0. The van der Waals surface area contributed by atoms with E-state index in [1.807, 2.05) is 37.0 Å². The molecule has 3 nitrogen and oxygen atoms in total. The lowest BCUT2D eigenvalue weighted by molar-refractivity contribution is 0.559. The molecule has 0 fully saturated rings. The van der Waals surface area contributed by atoms with Crippen molar-refractivity contribution in [3.63, 3.8) is 0 Å². The van der Waals surface area contributed by atoms with E-state index >= 15 is 0 Å². The molecule has 1 aromatic carbocycles. The van der Waals surface area contributed by atoms with E-state index in [1.165, 1.54) is 9.13 Å². The number of aryl methyl sites for hydroxylation is 2. The molecule has 1 heterocycles. The molecule has 0 saturated carbocycles. The number of hydrogen-bond donors (Lipinski definition) is 1. The van der Waals surface area contributed by atoms with Crippen LogP contribution in [0, 0.1) is 3.57 Å². The van der Waals surface area contributed by atoms with E-state index in [2.05, 4.69) is 39.9 Å². The van der Waals surface area contributed by atoms with Crippen LogP contribution in [0.4, 0.5) is 0 Å². The maximum atomic E-state index is 6.45. The average molecular weight is 438 g/mol. The summed E-state index contributed by atoms with van der Waals surface area (Å²) in [6, 6.07) is 6.10. The summed E-state index contributed by atoms with van der Waals surface area (Å²) in [6.07, 6.45) is 1.61. The van der Waals surface area contributed by atoms with Crippen LogP contribution in [0.3, 0.4) is 0 Å². The Morgan fingerprint density at radius 3 is 2.67 bits per heavy atom. The van der Waals surface area contributed by atoms with Gasteiger partial charge in [-0.3, -0.25) is 4.68 Å². The molecule has 0 aliphatic carbocycles. The lowest BCUT2D eigenvalue weighted by Crippen LogP contribution is -2.21. The predicted octanol–water partition coefficient (Wildman–Crippen LogP) is 4.40. The minimum Gasteiger partial charge on any atom is -0.313 e. The zero-order valence-electron chi connectivity index (χ0n) is 12.3. The first-order valence-electron chi connectivity index (χ1n) is 6.80. The van der Waals surface area contributed by atoms with Gasteiger partial charge in [-0.25, -0.2) is 0 Å². The molecule has 0 radical (unpaired) electrons. The van der Waals surface area contributed by atoms with Gasteiger partial charge in [-0.1, -0.05) is 30.1 Å². The summed E-state index contributed by atoms with van der Waals surface area (Å²) in [6.45, 7) is 2.06. The highest BCUT2D eigenvalue weighted by molar-refractivity contribution is 14.1. The SMILES string of the molecule is CCc1nn(C)c(CC(NC)c2cc(Cl)ccc2I)c1Cl. The molecule has 0 aliphatic heterocycles. The van der Waals surface area contributed by atoms with Crippen molar-refractivity contribution < 1.29 is 0 Å². The van der Waals surface area contributed by atoms with Gasteiger partial charge in [0.2, 0.25) is 0 Å². The van der Waals surface area contributed by atoms with Gasteiger partial charge in [0.05, 0.1) is 16.4 Å². The van der Waals surface area contributed by atoms with Crippen LogP contribution >= 0.6 is 45.8 Å². The molecular weight excluding hydrogens is 420 g/mol. The first-order chi connectivity index (χ1) is 9.97. The Morgan fingerprint density at radius 2 is 2.10 bits per heavy atom. The minimum absolute atomic E-state index is 0.146. The molecule has 0 spiro atoms. The van der Waals surface area contributed by atoms with Gasteiger partial charge in [0.15, 0.2) is 0 Å². The fraction of sp³-hybridized carbons (Fsp3) is 0.400. The second-order valence-corrected chi connectivity index (χ2v) is 6.87. The van der Waals surface area contributed by atoms with E-state index in [1.54, 1.807) is 0 Å². The summed E-state index contributed by atoms with van der Waals surface area (Å²) < 4.78 is 3.06. The van der Waals surface area contributed by atoms with Gasteiger partial charge >= 0.3 is 0 Å². The summed E-state index contributed by atoms with van der Waals surface area (Å²) in [4.78, 5) is 0. The Kier molecular flexibility index (Phi) is 5.94. The minimum atomic E-state index is 0.146. The molecule has 1 N–H and O–H groups in total. The zero-order chi connectivity index (χ0) is 15.6. The van der Waals surface area contributed by atoms with Crippen LogP contribution < -0.4 is 5.32 Å². The van der Waals surface area contributed by atoms with Crippen LogP contribution in [0.25, 0.3) is 0 Å². The highest BCUT2D eigenvalue weighted by atomic mass is 127. The molecule has 2 aromatic rings. The Bertz CT molecular complexity index is 640. The monoisotopic (exact) mass is 437 g/mol. The third kappa shape index (κ3) is 3.73. The molecule has 6 heteroatoms. The van der Waals surface area contributed by atoms with E-state index in [9.17, 15) is 0 Å². The normalized spacial score (nSPS) is 12.7. The second-order valence-electron chi connectivity index (χ2n) is 4.90. The maximum absolute atomic E-state index is 6.45. The number of rotatable bonds is 5. The van der Waals surface area contributed by atoms with E-state index < -0.39 is 0 Å². The second kappa shape index (κ2) is 7.31. The molecule has 1 unspecified atom stereocenters. The van der Waals surface area contributed by atoms with Gasteiger partial charge in [0.25, 0.3) is 0 Å². The highest BCUT2D eigenvalue weighted by Gasteiger charge is 2.20. The maximum Gasteiger partial charge on any atom is 0.0850 e. The van der Waals surface area contributed by atoms with Gasteiger partial charge in [-0.15, -0.1) is 0 Å². The summed E-state index contributed by atoms with van der Waals surface area (Å²) in [5, 5.41) is 9.35. The molecule has 21 heavy (non-hydrogen) atoms. The molecule has 0 amide bonds. The highest BCUT2D eigenvalue weighted by Crippen LogP contribution is 2.29. The van der Waals surface area contributed by atoms with E-state index in [-0.39, 0.29) is 6.04 Å². The molecule has 1 aromatic heterocycles. The fourth-order valence-corrected chi connectivity index (χ4v) is 3.65. The number of nitrogens with one attached hydrogen (secondary N) is 1. The Morgan fingerprint density at radius 1 is 1.38 bits per heavy atom.